The number of hydrogen-bond acceptors (Lipinski definition) is 3. The molecule has 2 heterocycles. The van der Waals surface area contributed by atoms with Crippen LogP contribution in [-0.4, -0.2) is 48.1 Å². The molecule has 2 aliphatic rings. The number of hydrogen-bond donors (Lipinski definition) is 1. The van der Waals surface area contributed by atoms with E-state index in [9.17, 15) is 4.79 Å². The molecular formula is C15H23Cl2N3O. The van der Waals surface area contributed by atoms with Crippen LogP contribution in [0.3, 0.4) is 0 Å². The van der Waals surface area contributed by atoms with Crippen LogP contribution in [0.1, 0.15) is 18.4 Å². The third-order valence-corrected chi connectivity index (χ3v) is 4.38. The van der Waals surface area contributed by atoms with Gasteiger partial charge in [-0.1, -0.05) is 30.3 Å². The molecule has 4 nitrogen and oxygen atoms in total. The van der Waals surface area contributed by atoms with Gasteiger partial charge in [-0.3, -0.25) is 10.1 Å². The lowest BCUT2D eigenvalue weighted by molar-refractivity contribution is -0.132. The van der Waals surface area contributed by atoms with Crippen LogP contribution in [0.15, 0.2) is 30.3 Å². The van der Waals surface area contributed by atoms with Gasteiger partial charge in [0.15, 0.2) is 0 Å². The summed E-state index contributed by atoms with van der Waals surface area (Å²) in [5, 5.41) is 3.46. The number of halogens is 2. The topological polar surface area (TPSA) is 35.6 Å². The predicted molar refractivity (Wildman–Crippen MR) is 89.0 cm³/mol. The number of nitrogens with zero attached hydrogens (tertiary/aromatic N) is 2. The molecule has 0 saturated carbocycles. The van der Waals surface area contributed by atoms with Crippen molar-refractivity contribution in [3.63, 3.8) is 0 Å². The Hall–Kier alpha value is -0.810. The summed E-state index contributed by atoms with van der Waals surface area (Å²) in [4.78, 5) is 16.6. The fourth-order valence-corrected chi connectivity index (χ4v) is 3.11. The minimum absolute atomic E-state index is 0. The van der Waals surface area contributed by atoms with Gasteiger partial charge in [0.2, 0.25) is 5.91 Å². The Bertz CT molecular complexity index is 461. The largest absolute Gasteiger partial charge is 0.319 e. The molecule has 2 saturated heterocycles. The summed E-state index contributed by atoms with van der Waals surface area (Å²) in [6, 6.07) is 10.3. The van der Waals surface area contributed by atoms with Gasteiger partial charge in [-0.25, -0.2) is 0 Å². The van der Waals surface area contributed by atoms with E-state index in [1.807, 2.05) is 18.2 Å². The fourth-order valence-electron chi connectivity index (χ4n) is 3.11. The molecule has 1 aromatic carbocycles. The van der Waals surface area contributed by atoms with E-state index in [0.29, 0.717) is 6.54 Å². The van der Waals surface area contributed by atoms with Crippen LogP contribution >= 0.6 is 24.8 Å². The van der Waals surface area contributed by atoms with Gasteiger partial charge in [-0.05, 0) is 25.5 Å². The van der Waals surface area contributed by atoms with Crippen LogP contribution in [0, 0.1) is 0 Å². The number of amides is 1. The van der Waals surface area contributed by atoms with Crippen molar-refractivity contribution in [1.29, 1.82) is 0 Å². The van der Waals surface area contributed by atoms with Crippen LogP contribution in [0.5, 0.6) is 0 Å². The Morgan fingerprint density at radius 1 is 1.14 bits per heavy atom. The van der Waals surface area contributed by atoms with Crippen LogP contribution in [0.4, 0.5) is 0 Å². The number of likely N-dealkylation sites (tertiary alicyclic amines) is 1. The zero-order chi connectivity index (χ0) is 13.3. The van der Waals surface area contributed by atoms with Crippen molar-refractivity contribution in [1.82, 2.24) is 15.1 Å². The molecule has 2 fully saturated rings. The molecule has 3 rings (SSSR count). The number of nitrogens with one attached hydrogen (secondary N) is 1. The molecular weight excluding hydrogens is 309 g/mol. The first-order valence-electron chi connectivity index (χ1n) is 6.98. The van der Waals surface area contributed by atoms with Crippen molar-refractivity contribution in [2.24, 2.45) is 0 Å². The summed E-state index contributed by atoms with van der Waals surface area (Å²) in [7, 11) is 2.14. The molecule has 1 aromatic rings. The summed E-state index contributed by atoms with van der Waals surface area (Å²) in [5.74, 6) is 0.230. The number of carbonyl (C=O) groups excluding carboxylic acids is 1. The minimum atomic E-state index is -0.112. The first-order chi connectivity index (χ1) is 9.20. The predicted octanol–water partition coefficient (Wildman–Crippen LogP) is 1.88. The highest BCUT2D eigenvalue weighted by molar-refractivity contribution is 5.85. The fraction of sp³-hybridized carbons (Fsp3) is 0.533. The Morgan fingerprint density at radius 2 is 1.76 bits per heavy atom. The van der Waals surface area contributed by atoms with Gasteiger partial charge >= 0.3 is 0 Å². The summed E-state index contributed by atoms with van der Waals surface area (Å²) in [6.45, 7) is 3.30. The minimum Gasteiger partial charge on any atom is -0.319 e. The molecule has 1 amide bonds. The van der Waals surface area contributed by atoms with E-state index in [4.69, 9.17) is 0 Å². The van der Waals surface area contributed by atoms with Gasteiger partial charge in [0.05, 0.1) is 12.2 Å². The Morgan fingerprint density at radius 3 is 2.38 bits per heavy atom. The van der Waals surface area contributed by atoms with E-state index >= 15 is 0 Å². The molecule has 2 aliphatic heterocycles. The van der Waals surface area contributed by atoms with E-state index in [-0.39, 0.29) is 36.4 Å². The van der Waals surface area contributed by atoms with E-state index < -0.39 is 0 Å². The second-order valence-corrected chi connectivity index (χ2v) is 5.65. The van der Waals surface area contributed by atoms with Gasteiger partial charge in [0.25, 0.3) is 0 Å². The second-order valence-electron chi connectivity index (χ2n) is 5.65. The average molecular weight is 332 g/mol. The normalized spacial score (nSPS) is 21.0. The maximum Gasteiger partial charge on any atom is 0.238 e. The lowest BCUT2D eigenvalue weighted by Crippen LogP contribution is -2.57. The van der Waals surface area contributed by atoms with E-state index in [1.165, 1.54) is 5.56 Å². The summed E-state index contributed by atoms with van der Waals surface area (Å²) >= 11 is 0. The van der Waals surface area contributed by atoms with E-state index in [1.54, 1.807) is 0 Å². The van der Waals surface area contributed by atoms with Gasteiger partial charge in [-0.2, -0.15) is 0 Å². The molecule has 0 aromatic heterocycles. The van der Waals surface area contributed by atoms with Crippen LogP contribution in [0.25, 0.3) is 0 Å². The zero-order valence-corrected chi connectivity index (χ0v) is 13.9. The van der Waals surface area contributed by atoms with E-state index in [0.717, 1.165) is 32.5 Å². The SMILES string of the molecule is CN1CCC2(CC1)NCC(=O)N2Cc1ccccc1.Cl.Cl. The third-order valence-electron chi connectivity index (χ3n) is 4.38. The van der Waals surface area contributed by atoms with Crippen molar-refractivity contribution >= 4 is 30.7 Å². The average Bonchev–Trinajstić information content (AvgIpc) is 2.73. The molecule has 1 N–H and O–H groups in total. The number of piperidine rings is 1. The van der Waals surface area contributed by atoms with Crippen LogP contribution in [0.2, 0.25) is 0 Å². The molecule has 118 valence electrons. The molecule has 6 heteroatoms. The zero-order valence-electron chi connectivity index (χ0n) is 12.2. The number of rotatable bonds is 2. The lowest BCUT2D eigenvalue weighted by Gasteiger charge is -2.43. The molecule has 0 atom stereocenters. The van der Waals surface area contributed by atoms with Crippen molar-refractivity contribution in [2.45, 2.75) is 25.0 Å². The Balaban J connectivity index is 0.00000110. The third kappa shape index (κ3) is 3.69. The highest BCUT2D eigenvalue weighted by Gasteiger charge is 2.46. The molecule has 0 radical (unpaired) electrons. The quantitative estimate of drug-likeness (QED) is 0.898. The molecule has 0 aliphatic carbocycles. The first kappa shape index (κ1) is 18.2. The standard InChI is InChI=1S/C15H21N3O.2ClH/c1-17-9-7-15(8-10-17)16-11-14(19)18(15)12-13-5-3-2-4-6-13;;/h2-6,16H,7-12H2,1H3;2*1H. The molecule has 0 unspecified atom stereocenters. The van der Waals surface area contributed by atoms with Crippen molar-refractivity contribution < 1.29 is 4.79 Å². The number of carbonyl (C=O) groups is 1. The smallest absolute Gasteiger partial charge is 0.238 e. The summed E-state index contributed by atoms with van der Waals surface area (Å²) < 4.78 is 0. The van der Waals surface area contributed by atoms with Gasteiger partial charge in [0.1, 0.15) is 0 Å². The van der Waals surface area contributed by atoms with Gasteiger partial charge < -0.3 is 9.80 Å². The summed E-state index contributed by atoms with van der Waals surface area (Å²) in [5.41, 5.74) is 1.09. The molecule has 21 heavy (non-hydrogen) atoms. The first-order valence-corrected chi connectivity index (χ1v) is 6.98. The van der Waals surface area contributed by atoms with Crippen molar-refractivity contribution in [3.8, 4) is 0 Å². The van der Waals surface area contributed by atoms with Gasteiger partial charge in [0, 0.05) is 19.6 Å². The highest BCUT2D eigenvalue weighted by atomic mass is 35.5. The van der Waals surface area contributed by atoms with Crippen LogP contribution in [-0.2, 0) is 11.3 Å². The molecule has 1 spiro atoms. The highest BCUT2D eigenvalue weighted by Crippen LogP contribution is 2.31. The van der Waals surface area contributed by atoms with E-state index in [2.05, 4.69) is 34.3 Å². The van der Waals surface area contributed by atoms with Crippen LogP contribution < -0.4 is 5.32 Å². The maximum atomic E-state index is 12.2. The second kappa shape index (κ2) is 7.45. The monoisotopic (exact) mass is 331 g/mol. The van der Waals surface area contributed by atoms with Gasteiger partial charge in [-0.15, -0.1) is 24.8 Å². The maximum absolute atomic E-state index is 12.2. The van der Waals surface area contributed by atoms with Crippen molar-refractivity contribution in [3.05, 3.63) is 35.9 Å². The lowest BCUT2D eigenvalue weighted by atomic mass is 9.96. The molecule has 0 bridgehead atoms. The number of benzene rings is 1. The van der Waals surface area contributed by atoms with Crippen molar-refractivity contribution in [2.75, 3.05) is 26.7 Å². The Labute approximate surface area is 138 Å². The summed E-state index contributed by atoms with van der Waals surface area (Å²) in [6.07, 6.45) is 2.03. The Kier molecular flexibility index (Phi) is 6.47.